The summed E-state index contributed by atoms with van der Waals surface area (Å²) in [5.74, 6) is 2.25. The molecule has 0 radical (unpaired) electrons. The first-order valence-corrected chi connectivity index (χ1v) is 10.9. The molecule has 1 aromatic heterocycles. The van der Waals surface area contributed by atoms with Crippen LogP contribution in [-0.4, -0.2) is 80.4 Å². The van der Waals surface area contributed by atoms with Crippen molar-refractivity contribution in [2.45, 2.75) is 41.5 Å². The van der Waals surface area contributed by atoms with Crippen molar-refractivity contribution in [3.63, 3.8) is 0 Å². The second kappa shape index (κ2) is 10.7. The molecular formula is C21H40N6. The summed E-state index contributed by atoms with van der Waals surface area (Å²) in [6, 6.07) is 4.47. The van der Waals surface area contributed by atoms with Gasteiger partial charge in [0.15, 0.2) is 5.82 Å². The predicted octanol–water partition coefficient (Wildman–Crippen LogP) is 3.15. The Labute approximate surface area is 166 Å². The third kappa shape index (κ3) is 5.05. The average molecular weight is 377 g/mol. The van der Waals surface area contributed by atoms with Gasteiger partial charge in [-0.25, -0.2) is 15.0 Å². The number of hydrogen-bond acceptors (Lipinski definition) is 6. The molecule has 6 nitrogen and oxygen atoms in total. The average Bonchev–Trinajstić information content (AvgIpc) is 2.72. The Morgan fingerprint density at radius 2 is 1.30 bits per heavy atom. The van der Waals surface area contributed by atoms with Crippen LogP contribution in [0.1, 0.15) is 41.5 Å². The standard InChI is InChI=1S/C21H40N6/c1-7-23(8-2)19-13-14-20(24(9-3)10-4)22-21(19)25-15-17-27(18-16-25)26(11-5)12-6/h13-14H,7-12,15-18H2,1-6H3. The Morgan fingerprint density at radius 3 is 1.78 bits per heavy atom. The van der Waals surface area contributed by atoms with Crippen LogP contribution in [0.2, 0.25) is 0 Å². The molecule has 154 valence electrons. The molecule has 1 fully saturated rings. The van der Waals surface area contributed by atoms with Gasteiger partial charge in [0, 0.05) is 65.4 Å². The van der Waals surface area contributed by atoms with Crippen LogP contribution in [0.5, 0.6) is 0 Å². The zero-order valence-corrected chi connectivity index (χ0v) is 18.4. The highest BCUT2D eigenvalue weighted by Gasteiger charge is 2.24. The second-order valence-corrected chi connectivity index (χ2v) is 6.94. The molecule has 0 aromatic carbocycles. The minimum Gasteiger partial charge on any atom is -0.369 e. The van der Waals surface area contributed by atoms with Crippen LogP contribution in [0.3, 0.4) is 0 Å². The van der Waals surface area contributed by atoms with Crippen molar-refractivity contribution in [3.8, 4) is 0 Å². The van der Waals surface area contributed by atoms with Crippen LogP contribution < -0.4 is 14.7 Å². The number of aromatic nitrogens is 1. The maximum absolute atomic E-state index is 5.14. The first-order chi connectivity index (χ1) is 13.1. The van der Waals surface area contributed by atoms with Crippen LogP contribution in [0.25, 0.3) is 0 Å². The maximum Gasteiger partial charge on any atom is 0.154 e. The predicted molar refractivity (Wildman–Crippen MR) is 118 cm³/mol. The van der Waals surface area contributed by atoms with E-state index in [-0.39, 0.29) is 0 Å². The highest BCUT2D eigenvalue weighted by atomic mass is 15.6. The molecule has 0 aliphatic carbocycles. The molecular weight excluding hydrogens is 336 g/mol. The zero-order chi connectivity index (χ0) is 19.8. The Bertz CT molecular complexity index is 544. The van der Waals surface area contributed by atoms with E-state index < -0.39 is 0 Å². The van der Waals surface area contributed by atoms with Crippen LogP contribution in [0.15, 0.2) is 12.1 Å². The molecule has 0 N–H and O–H groups in total. The lowest BCUT2D eigenvalue weighted by atomic mass is 10.2. The fourth-order valence-electron chi connectivity index (χ4n) is 4.01. The molecule has 1 aliphatic rings. The van der Waals surface area contributed by atoms with Gasteiger partial charge in [-0.1, -0.05) is 13.8 Å². The van der Waals surface area contributed by atoms with E-state index in [9.17, 15) is 0 Å². The van der Waals surface area contributed by atoms with E-state index in [0.717, 1.165) is 77.1 Å². The van der Waals surface area contributed by atoms with Crippen LogP contribution in [0, 0.1) is 0 Å². The Balaban J connectivity index is 2.28. The van der Waals surface area contributed by atoms with Crippen LogP contribution >= 0.6 is 0 Å². The smallest absolute Gasteiger partial charge is 0.154 e. The molecule has 0 amide bonds. The van der Waals surface area contributed by atoms with Crippen molar-refractivity contribution in [1.82, 2.24) is 15.0 Å². The molecule has 0 bridgehead atoms. The number of piperazine rings is 1. The fraction of sp³-hybridized carbons (Fsp3) is 0.762. The highest BCUT2D eigenvalue weighted by molar-refractivity contribution is 5.70. The van der Waals surface area contributed by atoms with Crippen molar-refractivity contribution in [1.29, 1.82) is 0 Å². The van der Waals surface area contributed by atoms with E-state index >= 15 is 0 Å². The van der Waals surface area contributed by atoms with Crippen molar-refractivity contribution < 1.29 is 0 Å². The lowest BCUT2D eigenvalue weighted by Gasteiger charge is -2.42. The van der Waals surface area contributed by atoms with E-state index in [2.05, 4.69) is 78.4 Å². The molecule has 0 spiro atoms. The van der Waals surface area contributed by atoms with Gasteiger partial charge in [0.25, 0.3) is 0 Å². The Morgan fingerprint density at radius 1 is 0.741 bits per heavy atom. The van der Waals surface area contributed by atoms with Gasteiger partial charge in [0.1, 0.15) is 5.82 Å². The molecule has 27 heavy (non-hydrogen) atoms. The number of pyridine rings is 1. The van der Waals surface area contributed by atoms with Crippen LogP contribution in [-0.2, 0) is 0 Å². The van der Waals surface area contributed by atoms with Crippen molar-refractivity contribution in [3.05, 3.63) is 12.1 Å². The topological polar surface area (TPSA) is 29.1 Å². The molecule has 1 aliphatic heterocycles. The number of hydrogen-bond donors (Lipinski definition) is 0. The van der Waals surface area contributed by atoms with Crippen molar-refractivity contribution >= 4 is 17.3 Å². The van der Waals surface area contributed by atoms with E-state index in [4.69, 9.17) is 4.98 Å². The fourth-order valence-corrected chi connectivity index (χ4v) is 4.01. The number of hydrazine groups is 1. The molecule has 1 aromatic rings. The zero-order valence-electron chi connectivity index (χ0n) is 18.4. The minimum absolute atomic E-state index is 0.989. The number of rotatable bonds is 10. The van der Waals surface area contributed by atoms with Crippen molar-refractivity contribution in [2.75, 3.05) is 80.1 Å². The Hall–Kier alpha value is -1.53. The first-order valence-electron chi connectivity index (χ1n) is 10.9. The van der Waals surface area contributed by atoms with Gasteiger partial charge in [-0.15, -0.1) is 0 Å². The molecule has 0 saturated carbocycles. The lowest BCUT2D eigenvalue weighted by molar-refractivity contribution is -0.0204. The van der Waals surface area contributed by atoms with Gasteiger partial charge in [0.05, 0.1) is 5.69 Å². The highest BCUT2D eigenvalue weighted by Crippen LogP contribution is 2.31. The van der Waals surface area contributed by atoms with E-state index in [0.29, 0.717) is 0 Å². The normalized spacial score (nSPS) is 15.4. The summed E-state index contributed by atoms with van der Waals surface area (Å²) in [5, 5.41) is 4.95. The van der Waals surface area contributed by atoms with E-state index in [1.54, 1.807) is 0 Å². The van der Waals surface area contributed by atoms with E-state index in [1.165, 1.54) is 5.69 Å². The molecule has 2 heterocycles. The van der Waals surface area contributed by atoms with Crippen LogP contribution in [0.4, 0.5) is 17.3 Å². The third-order valence-corrected chi connectivity index (χ3v) is 5.72. The number of anilines is 3. The summed E-state index contributed by atoms with van der Waals surface area (Å²) in [6.07, 6.45) is 0. The number of nitrogens with zero attached hydrogens (tertiary/aromatic N) is 6. The van der Waals surface area contributed by atoms with Gasteiger partial charge in [-0.05, 0) is 39.8 Å². The monoisotopic (exact) mass is 376 g/mol. The van der Waals surface area contributed by atoms with Gasteiger partial charge in [0.2, 0.25) is 0 Å². The molecule has 2 rings (SSSR count). The molecule has 1 saturated heterocycles. The lowest BCUT2D eigenvalue weighted by Crippen LogP contribution is -2.54. The van der Waals surface area contributed by atoms with Gasteiger partial charge in [-0.3, -0.25) is 0 Å². The summed E-state index contributed by atoms with van der Waals surface area (Å²) in [7, 11) is 0. The SMILES string of the molecule is CCN(CC)c1ccc(N(CC)CC)c(N2CCN(N(CC)CC)CC2)n1. The maximum atomic E-state index is 5.14. The summed E-state index contributed by atoms with van der Waals surface area (Å²) in [6.45, 7) is 23.7. The summed E-state index contributed by atoms with van der Waals surface area (Å²) in [5.41, 5.74) is 1.27. The third-order valence-electron chi connectivity index (χ3n) is 5.72. The molecule has 0 atom stereocenters. The summed E-state index contributed by atoms with van der Waals surface area (Å²) < 4.78 is 0. The van der Waals surface area contributed by atoms with Gasteiger partial charge < -0.3 is 14.7 Å². The largest absolute Gasteiger partial charge is 0.369 e. The molecule has 6 heteroatoms. The molecule has 0 unspecified atom stereocenters. The first kappa shape index (κ1) is 21.8. The summed E-state index contributed by atoms with van der Waals surface area (Å²) >= 11 is 0. The second-order valence-electron chi connectivity index (χ2n) is 6.94. The van der Waals surface area contributed by atoms with Gasteiger partial charge >= 0.3 is 0 Å². The summed E-state index contributed by atoms with van der Waals surface area (Å²) in [4.78, 5) is 12.4. The Kier molecular flexibility index (Phi) is 8.64. The van der Waals surface area contributed by atoms with Crippen molar-refractivity contribution in [2.24, 2.45) is 0 Å². The van der Waals surface area contributed by atoms with E-state index in [1.807, 2.05) is 0 Å². The quantitative estimate of drug-likeness (QED) is 0.623. The minimum atomic E-state index is 0.989. The van der Waals surface area contributed by atoms with Gasteiger partial charge in [-0.2, -0.15) is 0 Å².